The van der Waals surface area contributed by atoms with Crippen LogP contribution in [-0.2, 0) is 4.74 Å². The third kappa shape index (κ3) is 7.77. The highest BCUT2D eigenvalue weighted by Crippen LogP contribution is 2.13. The van der Waals surface area contributed by atoms with Crippen molar-refractivity contribution in [2.75, 3.05) is 26.4 Å². The molecule has 0 saturated heterocycles. The predicted molar refractivity (Wildman–Crippen MR) is 64.1 cm³/mol. The highest BCUT2D eigenvalue weighted by Gasteiger charge is 2.20. The molecule has 1 unspecified atom stereocenters. The monoisotopic (exact) mass is 217 g/mol. The van der Waals surface area contributed by atoms with Crippen LogP contribution in [0.2, 0.25) is 0 Å². The van der Waals surface area contributed by atoms with E-state index in [0.29, 0.717) is 0 Å². The summed E-state index contributed by atoms with van der Waals surface area (Å²) in [4.78, 5) is 0. The van der Waals surface area contributed by atoms with Crippen molar-refractivity contribution in [1.82, 2.24) is 5.32 Å². The van der Waals surface area contributed by atoms with Crippen molar-refractivity contribution in [2.45, 2.75) is 52.0 Å². The molecule has 3 nitrogen and oxygen atoms in total. The maximum absolute atomic E-state index is 9.32. The molecule has 0 bridgehead atoms. The van der Waals surface area contributed by atoms with Crippen LogP contribution in [0.3, 0.4) is 0 Å². The molecule has 0 aromatic heterocycles. The number of nitrogens with one attached hydrogen (secondary N) is 1. The van der Waals surface area contributed by atoms with Crippen LogP contribution in [-0.4, -0.2) is 37.0 Å². The van der Waals surface area contributed by atoms with E-state index in [-0.39, 0.29) is 12.1 Å². The number of hydrogen-bond acceptors (Lipinski definition) is 3. The van der Waals surface area contributed by atoms with Crippen molar-refractivity contribution >= 4 is 0 Å². The molecule has 1 atom stereocenters. The van der Waals surface area contributed by atoms with Gasteiger partial charge in [0.05, 0.1) is 6.61 Å². The van der Waals surface area contributed by atoms with Crippen LogP contribution >= 0.6 is 0 Å². The van der Waals surface area contributed by atoms with Gasteiger partial charge in [0.25, 0.3) is 0 Å². The van der Waals surface area contributed by atoms with Crippen LogP contribution in [0, 0.1) is 0 Å². The maximum Gasteiger partial charge on any atom is 0.0610 e. The number of aliphatic hydroxyl groups excluding tert-OH is 1. The van der Waals surface area contributed by atoms with E-state index < -0.39 is 0 Å². The Morgan fingerprint density at radius 3 is 2.53 bits per heavy atom. The highest BCUT2D eigenvalue weighted by atomic mass is 16.5. The van der Waals surface area contributed by atoms with E-state index in [0.717, 1.165) is 45.4 Å². The van der Waals surface area contributed by atoms with Gasteiger partial charge >= 0.3 is 0 Å². The van der Waals surface area contributed by atoms with E-state index in [1.165, 1.54) is 0 Å². The minimum absolute atomic E-state index is 0.109. The lowest BCUT2D eigenvalue weighted by molar-refractivity contribution is 0.131. The number of aliphatic hydroxyl groups is 1. The molecule has 2 N–H and O–H groups in total. The number of hydrogen-bond donors (Lipinski definition) is 2. The summed E-state index contributed by atoms with van der Waals surface area (Å²) < 4.78 is 5.28. The lowest BCUT2D eigenvalue weighted by atomic mass is 9.95. The summed E-state index contributed by atoms with van der Waals surface area (Å²) >= 11 is 0. The molecule has 0 aliphatic carbocycles. The van der Waals surface area contributed by atoms with Crippen LogP contribution in [0.1, 0.15) is 46.5 Å². The Morgan fingerprint density at radius 1 is 1.27 bits per heavy atom. The fourth-order valence-electron chi connectivity index (χ4n) is 1.51. The second kappa shape index (κ2) is 9.13. The second-order valence-corrected chi connectivity index (χ2v) is 4.30. The smallest absolute Gasteiger partial charge is 0.0610 e. The first-order valence-corrected chi connectivity index (χ1v) is 6.12. The van der Waals surface area contributed by atoms with Crippen LogP contribution < -0.4 is 5.32 Å². The van der Waals surface area contributed by atoms with Crippen LogP contribution in [0.15, 0.2) is 0 Å². The molecule has 3 heteroatoms. The van der Waals surface area contributed by atoms with Crippen LogP contribution in [0.5, 0.6) is 0 Å². The largest absolute Gasteiger partial charge is 0.394 e. The van der Waals surface area contributed by atoms with Crippen molar-refractivity contribution < 1.29 is 9.84 Å². The number of rotatable bonds is 10. The Morgan fingerprint density at radius 2 is 2.00 bits per heavy atom. The van der Waals surface area contributed by atoms with Gasteiger partial charge in [0.1, 0.15) is 0 Å². The zero-order valence-corrected chi connectivity index (χ0v) is 10.5. The fraction of sp³-hybridized carbons (Fsp3) is 1.00. The van der Waals surface area contributed by atoms with Crippen LogP contribution in [0.4, 0.5) is 0 Å². The van der Waals surface area contributed by atoms with Gasteiger partial charge < -0.3 is 15.2 Å². The Labute approximate surface area is 94.2 Å². The summed E-state index contributed by atoms with van der Waals surface area (Å²) in [6, 6.07) is 0. The summed E-state index contributed by atoms with van der Waals surface area (Å²) in [5, 5.41) is 12.7. The van der Waals surface area contributed by atoms with Gasteiger partial charge in [0.15, 0.2) is 0 Å². The molecule has 0 fully saturated rings. The molecule has 0 aromatic carbocycles. The third-order valence-corrected chi connectivity index (χ3v) is 2.62. The molecule has 0 radical (unpaired) electrons. The minimum Gasteiger partial charge on any atom is -0.394 e. The molecule has 0 amide bonds. The first kappa shape index (κ1) is 14.9. The van der Waals surface area contributed by atoms with Gasteiger partial charge in [-0.2, -0.15) is 0 Å². The maximum atomic E-state index is 9.32. The quantitative estimate of drug-likeness (QED) is 0.550. The Hall–Kier alpha value is -0.120. The van der Waals surface area contributed by atoms with Crippen molar-refractivity contribution in [2.24, 2.45) is 0 Å². The molecule has 0 aliphatic rings. The van der Waals surface area contributed by atoms with E-state index in [2.05, 4.69) is 19.2 Å². The van der Waals surface area contributed by atoms with E-state index in [1.807, 2.05) is 6.92 Å². The van der Waals surface area contributed by atoms with Crippen molar-refractivity contribution in [3.8, 4) is 0 Å². The Balaban J connectivity index is 3.58. The summed E-state index contributed by atoms with van der Waals surface area (Å²) in [6.45, 7) is 9.06. The summed E-state index contributed by atoms with van der Waals surface area (Å²) in [6.07, 6.45) is 4.30. The zero-order chi connectivity index (χ0) is 11.6. The summed E-state index contributed by atoms with van der Waals surface area (Å²) in [5.74, 6) is 0. The van der Waals surface area contributed by atoms with E-state index in [4.69, 9.17) is 4.74 Å². The molecule has 0 spiro atoms. The second-order valence-electron chi connectivity index (χ2n) is 4.30. The lowest BCUT2D eigenvalue weighted by Gasteiger charge is -2.28. The van der Waals surface area contributed by atoms with Crippen molar-refractivity contribution in [3.63, 3.8) is 0 Å². The van der Waals surface area contributed by atoms with Gasteiger partial charge in [-0.3, -0.25) is 0 Å². The van der Waals surface area contributed by atoms with Gasteiger partial charge in [-0.15, -0.1) is 0 Å². The Kier molecular flexibility index (Phi) is 9.06. The minimum atomic E-state index is -0.109. The first-order valence-electron chi connectivity index (χ1n) is 6.12. The van der Waals surface area contributed by atoms with E-state index >= 15 is 0 Å². The van der Waals surface area contributed by atoms with Crippen molar-refractivity contribution in [1.29, 1.82) is 0 Å². The van der Waals surface area contributed by atoms with Gasteiger partial charge in [0, 0.05) is 18.8 Å². The molecule has 92 valence electrons. The fourth-order valence-corrected chi connectivity index (χ4v) is 1.51. The summed E-state index contributed by atoms with van der Waals surface area (Å²) in [7, 11) is 0. The van der Waals surface area contributed by atoms with Crippen LogP contribution in [0.25, 0.3) is 0 Å². The average molecular weight is 217 g/mol. The van der Waals surface area contributed by atoms with Gasteiger partial charge in [0.2, 0.25) is 0 Å². The molecule has 0 aromatic rings. The molecule has 0 heterocycles. The van der Waals surface area contributed by atoms with Gasteiger partial charge in [-0.05, 0) is 46.1 Å². The zero-order valence-electron chi connectivity index (χ0n) is 10.5. The number of ether oxygens (including phenoxy) is 1. The van der Waals surface area contributed by atoms with E-state index in [1.54, 1.807) is 0 Å². The number of unbranched alkanes of at least 4 members (excludes halogenated alkanes) is 1. The van der Waals surface area contributed by atoms with Crippen molar-refractivity contribution in [3.05, 3.63) is 0 Å². The molecule has 0 rings (SSSR count). The highest BCUT2D eigenvalue weighted by molar-refractivity contribution is 4.81. The molecule has 15 heavy (non-hydrogen) atoms. The van der Waals surface area contributed by atoms with E-state index in [9.17, 15) is 5.11 Å². The summed E-state index contributed by atoms with van der Waals surface area (Å²) in [5.41, 5.74) is -0.109. The topological polar surface area (TPSA) is 41.5 Å². The predicted octanol–water partition coefficient (Wildman–Crippen LogP) is 1.94. The standard InChI is InChI=1S/C12H27NO2/c1-4-9-13-12(3,11-14)8-6-7-10-15-5-2/h13-14H,4-11H2,1-3H3. The third-order valence-electron chi connectivity index (χ3n) is 2.62. The van der Waals surface area contributed by atoms with Gasteiger partial charge in [-0.1, -0.05) is 6.92 Å². The first-order chi connectivity index (χ1) is 7.18. The average Bonchev–Trinajstić information content (AvgIpc) is 2.26. The molecular formula is C12H27NO2. The SMILES string of the molecule is CCCNC(C)(CO)CCCCOCC. The molecule has 0 saturated carbocycles. The molecule has 0 aliphatic heterocycles. The Bertz CT molecular complexity index is 142. The van der Waals surface area contributed by atoms with Gasteiger partial charge in [-0.25, -0.2) is 0 Å². The molecular weight excluding hydrogens is 190 g/mol. The normalized spacial score (nSPS) is 15.2. The lowest BCUT2D eigenvalue weighted by Crippen LogP contribution is -2.46.